The topological polar surface area (TPSA) is 90.5 Å². The lowest BCUT2D eigenvalue weighted by Crippen LogP contribution is -2.53. The van der Waals surface area contributed by atoms with Crippen LogP contribution in [0.4, 0.5) is 14.9 Å². The van der Waals surface area contributed by atoms with Crippen LogP contribution in [0.3, 0.4) is 0 Å². The van der Waals surface area contributed by atoms with Crippen LogP contribution in [-0.2, 0) is 10.4 Å². The van der Waals surface area contributed by atoms with Crippen LogP contribution in [0.15, 0.2) is 84.9 Å². The highest BCUT2D eigenvalue weighted by molar-refractivity contribution is 5.94. The zero-order valence-corrected chi connectivity index (χ0v) is 14.7. The summed E-state index contributed by atoms with van der Waals surface area (Å²) in [5.41, 5.74) is 3.44. The van der Waals surface area contributed by atoms with E-state index >= 15 is 0 Å². The highest BCUT2D eigenvalue weighted by Crippen LogP contribution is 2.29. The van der Waals surface area contributed by atoms with Crippen LogP contribution in [0.2, 0.25) is 0 Å². The molecule has 0 unspecified atom stereocenters. The number of hydrazine groups is 1. The number of aliphatic hydroxyl groups is 1. The molecule has 0 heterocycles. The minimum atomic E-state index is -2.01. The van der Waals surface area contributed by atoms with Gasteiger partial charge in [0.15, 0.2) is 5.60 Å². The van der Waals surface area contributed by atoms with Gasteiger partial charge in [0, 0.05) is 5.69 Å². The van der Waals surface area contributed by atoms with Gasteiger partial charge in [0.2, 0.25) is 0 Å². The smallest absolute Gasteiger partial charge is 0.337 e. The summed E-state index contributed by atoms with van der Waals surface area (Å²) < 4.78 is 12.9. The first-order valence-corrected chi connectivity index (χ1v) is 8.46. The summed E-state index contributed by atoms with van der Waals surface area (Å²) in [5.74, 6) is -1.27. The maximum absolute atomic E-state index is 12.9. The van der Waals surface area contributed by atoms with E-state index in [2.05, 4.69) is 16.2 Å². The second kappa shape index (κ2) is 8.32. The minimum absolute atomic E-state index is 0.342. The Labute approximate surface area is 161 Å². The number of hydrogen-bond acceptors (Lipinski definition) is 3. The van der Waals surface area contributed by atoms with E-state index in [1.165, 1.54) is 24.3 Å². The molecule has 0 saturated heterocycles. The third-order valence-corrected chi connectivity index (χ3v) is 4.10. The molecule has 28 heavy (non-hydrogen) atoms. The molecular weight excluding hydrogens is 361 g/mol. The van der Waals surface area contributed by atoms with Gasteiger partial charge in [-0.15, -0.1) is 0 Å². The van der Waals surface area contributed by atoms with Crippen molar-refractivity contribution in [1.82, 2.24) is 10.9 Å². The summed E-state index contributed by atoms with van der Waals surface area (Å²) in [6.45, 7) is 0. The van der Waals surface area contributed by atoms with Gasteiger partial charge in [-0.3, -0.25) is 10.2 Å². The number of carbonyl (C=O) groups excluding carboxylic acids is 2. The molecule has 0 aliphatic carbocycles. The second-order valence-electron chi connectivity index (χ2n) is 5.98. The SMILES string of the molecule is O=C(NNC(=O)C(O)(c1ccccc1)c1ccccc1)Nc1ccc(F)cc1. The summed E-state index contributed by atoms with van der Waals surface area (Å²) in [6, 6.07) is 21.2. The number of halogens is 1. The number of rotatable bonds is 4. The highest BCUT2D eigenvalue weighted by Gasteiger charge is 2.40. The first-order chi connectivity index (χ1) is 13.5. The third kappa shape index (κ3) is 4.16. The molecule has 3 amide bonds. The normalized spacial score (nSPS) is 10.8. The fourth-order valence-electron chi connectivity index (χ4n) is 2.69. The number of amides is 3. The molecule has 0 aliphatic heterocycles. The van der Waals surface area contributed by atoms with Crippen molar-refractivity contribution in [3.8, 4) is 0 Å². The Bertz CT molecular complexity index is 908. The molecule has 0 radical (unpaired) electrons. The lowest BCUT2D eigenvalue weighted by atomic mass is 9.85. The van der Waals surface area contributed by atoms with E-state index < -0.39 is 23.4 Å². The first-order valence-electron chi connectivity index (χ1n) is 8.46. The van der Waals surface area contributed by atoms with Gasteiger partial charge < -0.3 is 10.4 Å². The van der Waals surface area contributed by atoms with Gasteiger partial charge in [0.05, 0.1) is 0 Å². The molecule has 3 rings (SSSR count). The Balaban J connectivity index is 1.75. The summed E-state index contributed by atoms with van der Waals surface area (Å²) in [4.78, 5) is 24.8. The monoisotopic (exact) mass is 379 g/mol. The van der Waals surface area contributed by atoms with Crippen LogP contribution in [0.1, 0.15) is 11.1 Å². The molecule has 0 spiro atoms. The quantitative estimate of drug-likeness (QED) is 0.526. The molecule has 0 saturated carbocycles. The van der Waals surface area contributed by atoms with E-state index in [9.17, 15) is 19.1 Å². The lowest BCUT2D eigenvalue weighted by molar-refractivity contribution is -0.137. The maximum Gasteiger partial charge on any atom is 0.337 e. The highest BCUT2D eigenvalue weighted by atomic mass is 19.1. The summed E-state index contributed by atoms with van der Waals surface area (Å²) in [7, 11) is 0. The van der Waals surface area contributed by atoms with Crippen molar-refractivity contribution in [2.75, 3.05) is 5.32 Å². The number of anilines is 1. The van der Waals surface area contributed by atoms with Gasteiger partial charge in [-0.25, -0.2) is 14.6 Å². The van der Waals surface area contributed by atoms with Crippen molar-refractivity contribution in [3.63, 3.8) is 0 Å². The number of carbonyl (C=O) groups is 2. The minimum Gasteiger partial charge on any atom is -0.372 e. The van der Waals surface area contributed by atoms with E-state index in [0.717, 1.165) is 0 Å². The Morgan fingerprint density at radius 2 is 1.25 bits per heavy atom. The van der Waals surface area contributed by atoms with Crippen LogP contribution in [-0.4, -0.2) is 17.0 Å². The predicted octanol–water partition coefficient (Wildman–Crippen LogP) is 2.91. The Morgan fingerprint density at radius 1 is 0.750 bits per heavy atom. The lowest BCUT2D eigenvalue weighted by Gasteiger charge is -2.28. The van der Waals surface area contributed by atoms with Gasteiger partial charge in [0.25, 0.3) is 5.91 Å². The van der Waals surface area contributed by atoms with Crippen molar-refractivity contribution >= 4 is 17.6 Å². The molecule has 142 valence electrons. The van der Waals surface area contributed by atoms with Crippen molar-refractivity contribution < 1.29 is 19.1 Å². The van der Waals surface area contributed by atoms with Gasteiger partial charge >= 0.3 is 6.03 Å². The Morgan fingerprint density at radius 3 is 1.75 bits per heavy atom. The van der Waals surface area contributed by atoms with E-state index in [4.69, 9.17) is 0 Å². The molecule has 0 aliphatic rings. The fraction of sp³-hybridized carbons (Fsp3) is 0.0476. The summed E-state index contributed by atoms with van der Waals surface area (Å²) in [6.07, 6.45) is 0. The second-order valence-corrected chi connectivity index (χ2v) is 5.98. The van der Waals surface area contributed by atoms with Crippen molar-refractivity contribution in [2.24, 2.45) is 0 Å². The molecule has 0 bridgehead atoms. The summed E-state index contributed by atoms with van der Waals surface area (Å²) in [5, 5.41) is 13.7. The van der Waals surface area contributed by atoms with Gasteiger partial charge in [-0.05, 0) is 35.4 Å². The zero-order chi connectivity index (χ0) is 20.0. The largest absolute Gasteiger partial charge is 0.372 e. The standard InChI is InChI=1S/C21H18FN3O3/c22-17-11-13-18(14-12-17)23-20(27)25-24-19(26)21(28,15-7-3-1-4-8-15)16-9-5-2-6-10-16/h1-14,28H,(H,24,26)(H2,23,25,27). The Hall–Kier alpha value is -3.71. The van der Waals surface area contributed by atoms with Crippen molar-refractivity contribution in [1.29, 1.82) is 0 Å². The average molecular weight is 379 g/mol. The number of nitrogens with one attached hydrogen (secondary N) is 3. The molecule has 0 aromatic heterocycles. The van der Waals surface area contributed by atoms with Crippen LogP contribution in [0.5, 0.6) is 0 Å². The fourth-order valence-corrected chi connectivity index (χ4v) is 2.69. The summed E-state index contributed by atoms with van der Waals surface area (Å²) >= 11 is 0. The number of urea groups is 1. The molecule has 4 N–H and O–H groups in total. The molecule has 0 fully saturated rings. The average Bonchev–Trinajstić information content (AvgIpc) is 2.74. The van der Waals surface area contributed by atoms with Crippen molar-refractivity contribution in [3.05, 3.63) is 102 Å². The third-order valence-electron chi connectivity index (χ3n) is 4.10. The molecule has 0 atom stereocenters. The molecular formula is C21H18FN3O3. The van der Waals surface area contributed by atoms with E-state index in [0.29, 0.717) is 16.8 Å². The van der Waals surface area contributed by atoms with Crippen LogP contribution >= 0.6 is 0 Å². The van der Waals surface area contributed by atoms with Crippen LogP contribution in [0.25, 0.3) is 0 Å². The number of benzene rings is 3. The zero-order valence-electron chi connectivity index (χ0n) is 14.7. The first kappa shape index (κ1) is 19.1. The van der Waals surface area contributed by atoms with Crippen molar-refractivity contribution in [2.45, 2.75) is 5.60 Å². The van der Waals surface area contributed by atoms with Crippen LogP contribution in [0, 0.1) is 5.82 Å². The van der Waals surface area contributed by atoms with Gasteiger partial charge in [-0.1, -0.05) is 60.7 Å². The predicted molar refractivity (Wildman–Crippen MR) is 103 cm³/mol. The number of hydrogen-bond donors (Lipinski definition) is 4. The van der Waals surface area contributed by atoms with E-state index in [1.54, 1.807) is 60.7 Å². The molecule has 6 nitrogen and oxygen atoms in total. The van der Waals surface area contributed by atoms with E-state index in [-0.39, 0.29) is 0 Å². The molecule has 3 aromatic carbocycles. The van der Waals surface area contributed by atoms with Gasteiger partial charge in [-0.2, -0.15) is 0 Å². The maximum atomic E-state index is 12.9. The molecule has 3 aromatic rings. The van der Waals surface area contributed by atoms with Gasteiger partial charge in [0.1, 0.15) is 5.82 Å². The van der Waals surface area contributed by atoms with Crippen LogP contribution < -0.4 is 16.2 Å². The molecule has 7 heteroatoms. The Kier molecular flexibility index (Phi) is 5.67. The van der Waals surface area contributed by atoms with E-state index in [1.807, 2.05) is 0 Å².